The summed E-state index contributed by atoms with van der Waals surface area (Å²) in [6.45, 7) is 0. The van der Waals surface area contributed by atoms with Crippen molar-refractivity contribution in [3.63, 3.8) is 0 Å². The van der Waals surface area contributed by atoms with Crippen molar-refractivity contribution in [2.45, 2.75) is 6.17 Å². The molecule has 1 heterocycles. The lowest BCUT2D eigenvalue weighted by Crippen LogP contribution is -2.36. The average molecular weight is 480 g/mol. The molecule has 1 unspecified atom stereocenters. The van der Waals surface area contributed by atoms with Crippen LogP contribution in [-0.4, -0.2) is 16.8 Å². The van der Waals surface area contributed by atoms with E-state index in [1.54, 1.807) is 12.1 Å². The van der Waals surface area contributed by atoms with E-state index in [1.165, 1.54) is 11.1 Å². The number of benzene rings is 5. The molecule has 4 nitrogen and oxygen atoms in total. The number of amidine groups is 2. The lowest BCUT2D eigenvalue weighted by molar-refractivity contribution is 0.474. The van der Waals surface area contributed by atoms with E-state index in [0.717, 1.165) is 22.3 Å². The minimum atomic E-state index is -0.440. The number of hydrogen-bond acceptors (Lipinski definition) is 4. The molecule has 0 bridgehead atoms. The van der Waals surface area contributed by atoms with Gasteiger partial charge in [0.05, 0.1) is 5.56 Å². The van der Waals surface area contributed by atoms with E-state index < -0.39 is 6.17 Å². The Morgan fingerprint density at radius 3 is 1.51 bits per heavy atom. The van der Waals surface area contributed by atoms with Gasteiger partial charge < -0.3 is 10.4 Å². The lowest BCUT2D eigenvalue weighted by atomic mass is 10.0. The van der Waals surface area contributed by atoms with Gasteiger partial charge in [0.1, 0.15) is 17.4 Å². The van der Waals surface area contributed by atoms with Crippen LogP contribution in [0.2, 0.25) is 0 Å². The van der Waals surface area contributed by atoms with Crippen LogP contribution in [-0.2, 0) is 0 Å². The fourth-order valence-corrected chi connectivity index (χ4v) is 4.49. The minimum absolute atomic E-state index is 0.174. The predicted molar refractivity (Wildman–Crippen MR) is 151 cm³/mol. The maximum absolute atomic E-state index is 10.5. The first-order chi connectivity index (χ1) is 18.2. The maximum atomic E-state index is 10.5. The molecule has 1 aliphatic heterocycles. The topological polar surface area (TPSA) is 57.0 Å². The second-order valence-corrected chi connectivity index (χ2v) is 8.90. The SMILES string of the molecule is Oc1ccccc1C1=NC(c2ccc(-c3ccccc3)cc2)N=C(c2ccc(-c3ccccc3)cc2)N1. The van der Waals surface area contributed by atoms with E-state index in [4.69, 9.17) is 9.98 Å². The number of nitrogens with one attached hydrogen (secondary N) is 1. The smallest absolute Gasteiger partial charge is 0.169 e. The van der Waals surface area contributed by atoms with Crippen LogP contribution in [0, 0.1) is 0 Å². The van der Waals surface area contributed by atoms with Gasteiger partial charge in [0.2, 0.25) is 0 Å². The summed E-state index contributed by atoms with van der Waals surface area (Å²) in [5.41, 5.74) is 7.19. The monoisotopic (exact) mass is 479 g/mol. The van der Waals surface area contributed by atoms with Gasteiger partial charge in [-0.2, -0.15) is 0 Å². The molecule has 0 fully saturated rings. The van der Waals surface area contributed by atoms with Gasteiger partial charge in [-0.15, -0.1) is 0 Å². The molecule has 1 atom stereocenters. The third-order valence-corrected chi connectivity index (χ3v) is 6.48. The normalized spacial score (nSPS) is 14.9. The Labute approximate surface area is 216 Å². The first-order valence-electron chi connectivity index (χ1n) is 12.3. The number of phenols is 1. The van der Waals surface area contributed by atoms with Crippen LogP contribution >= 0.6 is 0 Å². The fraction of sp³-hybridized carbons (Fsp3) is 0.0303. The molecular formula is C33H25N3O. The van der Waals surface area contributed by atoms with Crippen molar-refractivity contribution in [3.8, 4) is 28.0 Å². The third kappa shape index (κ3) is 4.78. The van der Waals surface area contributed by atoms with Gasteiger partial charge in [-0.25, -0.2) is 9.98 Å². The summed E-state index contributed by atoms with van der Waals surface area (Å²) in [5.74, 6) is 1.48. The fourth-order valence-electron chi connectivity index (χ4n) is 4.49. The Morgan fingerprint density at radius 2 is 0.919 bits per heavy atom. The molecule has 0 aliphatic carbocycles. The molecule has 0 radical (unpaired) electrons. The molecular weight excluding hydrogens is 454 g/mol. The zero-order valence-electron chi connectivity index (χ0n) is 20.1. The van der Waals surface area contributed by atoms with Gasteiger partial charge in [0.25, 0.3) is 0 Å². The molecule has 5 aromatic rings. The van der Waals surface area contributed by atoms with Gasteiger partial charge in [-0.3, -0.25) is 0 Å². The molecule has 1 aliphatic rings. The number of nitrogens with zero attached hydrogens (tertiary/aromatic N) is 2. The molecule has 0 aromatic heterocycles. The van der Waals surface area contributed by atoms with Crippen molar-refractivity contribution in [2.75, 3.05) is 0 Å². The largest absolute Gasteiger partial charge is 0.507 e. The number of aromatic hydroxyl groups is 1. The molecule has 0 saturated carbocycles. The standard InChI is InChI=1S/C33H25N3O/c37-30-14-8-7-13-29(30)33-35-31(27-19-15-25(16-20-27)23-9-3-1-4-10-23)34-32(36-33)28-21-17-26(18-22-28)24-11-5-2-6-12-24/h1-22,31,37H,(H,34,35,36). The summed E-state index contributed by atoms with van der Waals surface area (Å²) >= 11 is 0. The zero-order chi connectivity index (χ0) is 25.0. The predicted octanol–water partition coefficient (Wildman–Crippen LogP) is 7.22. The van der Waals surface area contributed by atoms with Crippen molar-refractivity contribution in [1.29, 1.82) is 0 Å². The summed E-state index contributed by atoms with van der Waals surface area (Å²) in [5, 5.41) is 13.9. The first kappa shape index (κ1) is 22.5. The van der Waals surface area contributed by atoms with E-state index in [0.29, 0.717) is 17.2 Å². The Balaban J connectivity index is 1.37. The van der Waals surface area contributed by atoms with E-state index in [-0.39, 0.29) is 5.75 Å². The van der Waals surface area contributed by atoms with Crippen molar-refractivity contribution < 1.29 is 5.11 Å². The van der Waals surface area contributed by atoms with Crippen LogP contribution in [0.5, 0.6) is 5.75 Å². The first-order valence-corrected chi connectivity index (χ1v) is 12.3. The van der Waals surface area contributed by atoms with Gasteiger partial charge in [0.15, 0.2) is 6.17 Å². The average Bonchev–Trinajstić information content (AvgIpc) is 2.98. The Hall–Kier alpha value is -4.96. The number of aliphatic imine (C=N–C) groups is 2. The van der Waals surface area contributed by atoms with E-state index >= 15 is 0 Å². The molecule has 178 valence electrons. The van der Waals surface area contributed by atoms with Crippen LogP contribution in [0.15, 0.2) is 143 Å². The molecule has 0 spiro atoms. The molecule has 37 heavy (non-hydrogen) atoms. The highest BCUT2D eigenvalue weighted by Gasteiger charge is 2.22. The van der Waals surface area contributed by atoms with Gasteiger partial charge >= 0.3 is 0 Å². The molecule has 2 N–H and O–H groups in total. The zero-order valence-corrected chi connectivity index (χ0v) is 20.1. The lowest BCUT2D eigenvalue weighted by Gasteiger charge is -2.23. The molecule has 4 heteroatoms. The number of hydrogen-bond donors (Lipinski definition) is 2. The number of phenolic OH excluding ortho intramolecular Hbond substituents is 1. The number of rotatable bonds is 5. The van der Waals surface area contributed by atoms with Gasteiger partial charge in [0, 0.05) is 5.56 Å². The highest BCUT2D eigenvalue weighted by atomic mass is 16.3. The molecule has 0 amide bonds. The minimum Gasteiger partial charge on any atom is -0.507 e. The summed E-state index contributed by atoms with van der Waals surface area (Å²) in [4.78, 5) is 9.85. The second-order valence-electron chi connectivity index (χ2n) is 8.90. The summed E-state index contributed by atoms with van der Waals surface area (Å²) in [6, 6.07) is 44.5. The van der Waals surface area contributed by atoms with Crippen molar-refractivity contribution in [3.05, 3.63) is 150 Å². The molecule has 6 rings (SSSR count). The second kappa shape index (κ2) is 9.96. The van der Waals surface area contributed by atoms with E-state index in [2.05, 4.69) is 78.1 Å². The van der Waals surface area contributed by atoms with Crippen LogP contribution in [0.3, 0.4) is 0 Å². The Morgan fingerprint density at radius 1 is 0.459 bits per heavy atom. The van der Waals surface area contributed by atoms with Gasteiger partial charge in [-0.05, 0) is 39.9 Å². The van der Waals surface area contributed by atoms with Crippen molar-refractivity contribution in [2.24, 2.45) is 9.98 Å². The van der Waals surface area contributed by atoms with Crippen LogP contribution in [0.25, 0.3) is 22.3 Å². The van der Waals surface area contributed by atoms with Gasteiger partial charge in [-0.1, -0.05) is 121 Å². The summed E-state index contributed by atoms with van der Waals surface area (Å²) in [7, 11) is 0. The van der Waals surface area contributed by atoms with Crippen LogP contribution in [0.4, 0.5) is 0 Å². The maximum Gasteiger partial charge on any atom is 0.169 e. The van der Waals surface area contributed by atoms with Crippen LogP contribution < -0.4 is 5.32 Å². The molecule has 0 saturated heterocycles. The van der Waals surface area contributed by atoms with Crippen LogP contribution in [0.1, 0.15) is 22.9 Å². The van der Waals surface area contributed by atoms with Crippen molar-refractivity contribution >= 4 is 11.7 Å². The van der Waals surface area contributed by atoms with E-state index in [9.17, 15) is 5.11 Å². The highest BCUT2D eigenvalue weighted by molar-refractivity contribution is 6.16. The highest BCUT2D eigenvalue weighted by Crippen LogP contribution is 2.29. The Bertz CT molecular complexity index is 1570. The third-order valence-electron chi connectivity index (χ3n) is 6.48. The summed E-state index contributed by atoms with van der Waals surface area (Å²) < 4.78 is 0. The quantitative estimate of drug-likeness (QED) is 0.280. The number of para-hydroxylation sites is 1. The summed E-state index contributed by atoms with van der Waals surface area (Å²) in [6.07, 6.45) is -0.440. The Kier molecular flexibility index (Phi) is 6.05. The van der Waals surface area contributed by atoms with E-state index in [1.807, 2.05) is 48.5 Å². The van der Waals surface area contributed by atoms with Crippen molar-refractivity contribution in [1.82, 2.24) is 5.32 Å². The molecule has 5 aromatic carbocycles.